The average Bonchev–Trinajstić information content (AvgIpc) is 2.30. The van der Waals surface area contributed by atoms with Crippen LogP contribution in [0.5, 0.6) is 0 Å². The van der Waals surface area contributed by atoms with Gasteiger partial charge < -0.3 is 10.6 Å². The molecule has 1 aromatic rings. The van der Waals surface area contributed by atoms with Gasteiger partial charge in [0.1, 0.15) is 5.82 Å². The molecule has 0 radical (unpaired) electrons. The van der Waals surface area contributed by atoms with Crippen molar-refractivity contribution in [3.05, 3.63) is 23.9 Å². The normalized spacial score (nSPS) is 16.1. The molecule has 0 spiro atoms. The molecule has 1 aliphatic rings. The maximum absolute atomic E-state index is 11.9. The van der Waals surface area contributed by atoms with Gasteiger partial charge in [0, 0.05) is 13.1 Å². The Morgan fingerprint density at radius 1 is 1.31 bits per heavy atom. The van der Waals surface area contributed by atoms with Gasteiger partial charge in [-0.05, 0) is 31.4 Å². The summed E-state index contributed by atoms with van der Waals surface area (Å²) in [7, 11) is 0. The Labute approximate surface area is 95.5 Å². The summed E-state index contributed by atoms with van der Waals surface area (Å²) < 4.78 is 0. The predicted octanol–water partition coefficient (Wildman–Crippen LogP) is 1.22. The molecule has 1 fully saturated rings. The summed E-state index contributed by atoms with van der Waals surface area (Å²) >= 11 is 0. The number of aromatic nitrogens is 1. The first-order chi connectivity index (χ1) is 7.75. The molecule has 86 valence electrons. The molecule has 0 atom stereocenters. The van der Waals surface area contributed by atoms with Gasteiger partial charge in [0.05, 0.1) is 12.1 Å². The van der Waals surface area contributed by atoms with E-state index >= 15 is 0 Å². The van der Waals surface area contributed by atoms with E-state index in [0.29, 0.717) is 12.2 Å². The topological polar surface area (TPSA) is 59.2 Å². The molecule has 0 bridgehead atoms. The molecule has 1 amide bonds. The van der Waals surface area contributed by atoms with Crippen LogP contribution in [-0.4, -0.2) is 28.9 Å². The van der Waals surface area contributed by atoms with Crippen LogP contribution >= 0.6 is 0 Å². The van der Waals surface area contributed by atoms with Crippen molar-refractivity contribution in [3.63, 3.8) is 0 Å². The van der Waals surface area contributed by atoms with E-state index in [4.69, 9.17) is 5.73 Å². The Morgan fingerprint density at radius 3 is 2.75 bits per heavy atom. The number of carbonyl (C=O) groups excluding carboxylic acids is 1. The molecule has 4 nitrogen and oxygen atoms in total. The summed E-state index contributed by atoms with van der Waals surface area (Å²) in [5, 5.41) is 0. The van der Waals surface area contributed by atoms with Crippen LogP contribution in [0.3, 0.4) is 0 Å². The number of nitrogens with two attached hydrogens (primary N) is 1. The molecule has 16 heavy (non-hydrogen) atoms. The highest BCUT2D eigenvalue weighted by atomic mass is 16.2. The molecule has 0 aromatic carbocycles. The molecule has 0 saturated carbocycles. The first-order valence-electron chi connectivity index (χ1n) is 5.75. The Hall–Kier alpha value is -1.58. The molecular weight excluding hydrogens is 202 g/mol. The molecule has 0 unspecified atom stereocenters. The number of anilines is 1. The third-order valence-electron chi connectivity index (χ3n) is 2.87. The molecular formula is C12H17N3O. The minimum absolute atomic E-state index is 0.165. The minimum Gasteiger partial charge on any atom is -0.384 e. The fourth-order valence-corrected chi connectivity index (χ4v) is 2.01. The quantitative estimate of drug-likeness (QED) is 0.813. The highest BCUT2D eigenvalue weighted by Crippen LogP contribution is 2.11. The fourth-order valence-electron chi connectivity index (χ4n) is 2.01. The van der Waals surface area contributed by atoms with E-state index in [-0.39, 0.29) is 5.91 Å². The number of hydrogen-bond donors (Lipinski definition) is 1. The number of likely N-dealkylation sites (tertiary alicyclic amines) is 1. The lowest BCUT2D eigenvalue weighted by Crippen LogP contribution is -2.36. The van der Waals surface area contributed by atoms with Crippen molar-refractivity contribution in [1.82, 2.24) is 9.88 Å². The molecule has 1 saturated heterocycles. The van der Waals surface area contributed by atoms with Crippen molar-refractivity contribution in [2.75, 3.05) is 18.8 Å². The summed E-state index contributed by atoms with van der Waals surface area (Å²) in [4.78, 5) is 18.0. The molecule has 4 heteroatoms. The fraction of sp³-hybridized carbons (Fsp3) is 0.500. The van der Waals surface area contributed by atoms with Crippen LogP contribution in [0.1, 0.15) is 25.0 Å². The maximum atomic E-state index is 11.9. The largest absolute Gasteiger partial charge is 0.384 e. The molecule has 1 aromatic heterocycles. The van der Waals surface area contributed by atoms with Crippen LogP contribution in [0.25, 0.3) is 0 Å². The molecule has 2 rings (SSSR count). The van der Waals surface area contributed by atoms with Gasteiger partial charge >= 0.3 is 0 Å². The Morgan fingerprint density at radius 2 is 2.06 bits per heavy atom. The number of amides is 1. The van der Waals surface area contributed by atoms with Gasteiger partial charge in [0.2, 0.25) is 5.91 Å². The number of pyridine rings is 1. The van der Waals surface area contributed by atoms with Gasteiger partial charge in [-0.3, -0.25) is 4.79 Å². The van der Waals surface area contributed by atoms with E-state index in [1.165, 1.54) is 6.42 Å². The number of carbonyl (C=O) groups is 1. The molecule has 1 aliphatic heterocycles. The summed E-state index contributed by atoms with van der Waals surface area (Å²) in [5.74, 6) is 0.641. The number of hydrogen-bond acceptors (Lipinski definition) is 3. The van der Waals surface area contributed by atoms with Crippen molar-refractivity contribution in [3.8, 4) is 0 Å². The average molecular weight is 219 g/mol. The standard InChI is InChI=1S/C12H17N3O/c13-11-6-4-5-10(14-11)9-12(16)15-7-2-1-3-8-15/h4-6H,1-3,7-9H2,(H2,13,14). The highest BCUT2D eigenvalue weighted by Gasteiger charge is 2.16. The Bertz CT molecular complexity index is 372. The van der Waals surface area contributed by atoms with Gasteiger partial charge in [0.15, 0.2) is 0 Å². The monoisotopic (exact) mass is 219 g/mol. The summed E-state index contributed by atoms with van der Waals surface area (Å²) in [6.07, 6.45) is 3.84. The van der Waals surface area contributed by atoms with Gasteiger partial charge in [0.25, 0.3) is 0 Å². The SMILES string of the molecule is Nc1cccc(CC(=O)N2CCCCC2)n1. The second kappa shape index (κ2) is 4.96. The lowest BCUT2D eigenvalue weighted by molar-refractivity contribution is -0.131. The molecule has 2 heterocycles. The van der Waals surface area contributed by atoms with Gasteiger partial charge in [-0.1, -0.05) is 6.07 Å². The van der Waals surface area contributed by atoms with Crippen LogP contribution in [-0.2, 0) is 11.2 Å². The van der Waals surface area contributed by atoms with E-state index in [0.717, 1.165) is 31.6 Å². The first-order valence-corrected chi connectivity index (χ1v) is 5.75. The third kappa shape index (κ3) is 2.72. The maximum Gasteiger partial charge on any atom is 0.228 e. The second-order valence-electron chi connectivity index (χ2n) is 4.17. The van der Waals surface area contributed by atoms with Crippen molar-refractivity contribution >= 4 is 11.7 Å². The number of rotatable bonds is 2. The number of nitrogens with zero attached hydrogens (tertiary/aromatic N) is 2. The number of nitrogen functional groups attached to an aromatic ring is 1. The first kappa shape index (κ1) is 10.9. The summed E-state index contributed by atoms with van der Waals surface area (Å²) in [6, 6.07) is 5.41. The van der Waals surface area contributed by atoms with Crippen molar-refractivity contribution in [2.45, 2.75) is 25.7 Å². The summed E-state index contributed by atoms with van der Waals surface area (Å²) in [6.45, 7) is 1.78. The van der Waals surface area contributed by atoms with Crippen molar-refractivity contribution in [2.24, 2.45) is 0 Å². The zero-order valence-corrected chi connectivity index (χ0v) is 9.35. The Balaban J connectivity index is 1.96. The van der Waals surface area contributed by atoms with E-state index in [1.54, 1.807) is 6.07 Å². The predicted molar refractivity (Wildman–Crippen MR) is 62.8 cm³/mol. The highest BCUT2D eigenvalue weighted by molar-refractivity contribution is 5.78. The van der Waals surface area contributed by atoms with Crippen LogP contribution < -0.4 is 5.73 Å². The smallest absolute Gasteiger partial charge is 0.228 e. The van der Waals surface area contributed by atoms with Gasteiger partial charge in [-0.25, -0.2) is 4.98 Å². The Kier molecular flexibility index (Phi) is 3.39. The molecule has 2 N–H and O–H groups in total. The molecule has 0 aliphatic carbocycles. The minimum atomic E-state index is 0.165. The van der Waals surface area contributed by atoms with E-state index in [2.05, 4.69) is 4.98 Å². The lowest BCUT2D eigenvalue weighted by atomic mass is 10.1. The van der Waals surface area contributed by atoms with Gasteiger partial charge in [-0.2, -0.15) is 0 Å². The lowest BCUT2D eigenvalue weighted by Gasteiger charge is -2.26. The van der Waals surface area contributed by atoms with Crippen molar-refractivity contribution < 1.29 is 4.79 Å². The van der Waals surface area contributed by atoms with Gasteiger partial charge in [-0.15, -0.1) is 0 Å². The summed E-state index contributed by atoms with van der Waals surface area (Å²) in [5.41, 5.74) is 6.34. The number of piperidine rings is 1. The van der Waals surface area contributed by atoms with Crippen LogP contribution in [0.4, 0.5) is 5.82 Å². The third-order valence-corrected chi connectivity index (χ3v) is 2.87. The van der Waals surface area contributed by atoms with Crippen LogP contribution in [0, 0.1) is 0 Å². The van der Waals surface area contributed by atoms with Crippen LogP contribution in [0.15, 0.2) is 18.2 Å². The second-order valence-corrected chi connectivity index (χ2v) is 4.17. The van der Waals surface area contributed by atoms with Crippen molar-refractivity contribution in [1.29, 1.82) is 0 Å². The zero-order chi connectivity index (χ0) is 11.4. The van der Waals surface area contributed by atoms with E-state index in [1.807, 2.05) is 17.0 Å². The zero-order valence-electron chi connectivity index (χ0n) is 9.35. The van der Waals surface area contributed by atoms with E-state index < -0.39 is 0 Å². The van der Waals surface area contributed by atoms with Crippen LogP contribution in [0.2, 0.25) is 0 Å². The van der Waals surface area contributed by atoms with E-state index in [9.17, 15) is 4.79 Å².